The van der Waals surface area contributed by atoms with Crippen molar-refractivity contribution < 1.29 is 0 Å². The lowest BCUT2D eigenvalue weighted by Gasteiger charge is -2.14. The topological polar surface area (TPSA) is 56.4 Å². The van der Waals surface area contributed by atoms with E-state index in [0.29, 0.717) is 15.9 Å². The quantitative estimate of drug-likeness (QED) is 0.479. The molecule has 5 nitrogen and oxygen atoms in total. The van der Waals surface area contributed by atoms with Gasteiger partial charge in [-0.15, -0.1) is 0 Å². The molecule has 0 aliphatic rings. The lowest BCUT2D eigenvalue weighted by molar-refractivity contribution is 0.714. The average molecular weight is 404 g/mol. The number of aromatic nitrogens is 2. The molecule has 0 saturated carbocycles. The summed E-state index contributed by atoms with van der Waals surface area (Å²) in [6.07, 6.45) is 1.73. The Balaban J connectivity index is 2.04. The van der Waals surface area contributed by atoms with Gasteiger partial charge in [-0.2, -0.15) is 0 Å². The van der Waals surface area contributed by atoms with Crippen LogP contribution in [-0.4, -0.2) is 15.3 Å². The third-order valence-corrected chi connectivity index (χ3v) is 5.16. The molecule has 3 aromatic carbocycles. The molecule has 4 rings (SSSR count). The molecule has 0 radical (unpaired) electrons. The highest BCUT2D eigenvalue weighted by molar-refractivity contribution is 6.30. The van der Waals surface area contributed by atoms with E-state index >= 15 is 0 Å². The molecule has 0 N–H and O–H groups in total. The molecule has 0 atom stereocenters. The van der Waals surface area contributed by atoms with E-state index in [1.807, 2.05) is 48.5 Å². The van der Waals surface area contributed by atoms with Crippen LogP contribution in [0.4, 0.5) is 5.69 Å². The summed E-state index contributed by atoms with van der Waals surface area (Å²) in [4.78, 5) is 30.0. The summed E-state index contributed by atoms with van der Waals surface area (Å²) < 4.78 is 2.62. The normalized spacial score (nSPS) is 11.4. The minimum atomic E-state index is -0.357. The molecular formula is C23H18ClN3O2. The van der Waals surface area contributed by atoms with Crippen LogP contribution < -0.4 is 11.2 Å². The fourth-order valence-corrected chi connectivity index (χ4v) is 3.51. The number of aliphatic imine (C=N–C) groups is 1. The zero-order valence-electron chi connectivity index (χ0n) is 16.0. The average Bonchev–Trinajstić information content (AvgIpc) is 2.75. The van der Waals surface area contributed by atoms with Crippen LogP contribution in [0.3, 0.4) is 0 Å². The summed E-state index contributed by atoms with van der Waals surface area (Å²) in [7, 11) is 3.16. The van der Waals surface area contributed by atoms with Crippen molar-refractivity contribution >= 4 is 34.4 Å². The van der Waals surface area contributed by atoms with Crippen LogP contribution in [0.15, 0.2) is 81.3 Å². The first-order valence-corrected chi connectivity index (χ1v) is 9.43. The van der Waals surface area contributed by atoms with Gasteiger partial charge in [0, 0.05) is 36.5 Å². The molecule has 6 heteroatoms. The van der Waals surface area contributed by atoms with Crippen molar-refractivity contribution in [2.75, 3.05) is 0 Å². The van der Waals surface area contributed by atoms with E-state index in [9.17, 15) is 9.59 Å². The molecule has 0 aliphatic heterocycles. The highest BCUT2D eigenvalue weighted by Gasteiger charge is 2.16. The number of hydrogen-bond donors (Lipinski definition) is 0. The first-order valence-electron chi connectivity index (χ1n) is 9.05. The molecule has 4 aromatic rings. The summed E-state index contributed by atoms with van der Waals surface area (Å²) >= 11 is 5.94. The molecule has 0 aliphatic carbocycles. The number of fused-ring (bicyclic) bond motifs is 1. The molecule has 0 unspecified atom stereocenters. The van der Waals surface area contributed by atoms with E-state index in [4.69, 9.17) is 11.6 Å². The number of nitrogens with zero attached hydrogens (tertiary/aromatic N) is 3. The third kappa shape index (κ3) is 3.41. The summed E-state index contributed by atoms with van der Waals surface area (Å²) in [6, 6.07) is 20.5. The van der Waals surface area contributed by atoms with Crippen LogP contribution in [0.5, 0.6) is 0 Å². The van der Waals surface area contributed by atoms with Gasteiger partial charge in [0.15, 0.2) is 0 Å². The predicted molar refractivity (Wildman–Crippen MR) is 119 cm³/mol. The zero-order chi connectivity index (χ0) is 20.5. The monoisotopic (exact) mass is 403 g/mol. The van der Waals surface area contributed by atoms with Crippen LogP contribution in [0.25, 0.3) is 22.0 Å². The van der Waals surface area contributed by atoms with Crippen LogP contribution in [0, 0.1) is 0 Å². The Hall–Kier alpha value is -3.44. The third-order valence-electron chi connectivity index (χ3n) is 4.91. The molecule has 1 heterocycles. The van der Waals surface area contributed by atoms with Gasteiger partial charge in [-0.1, -0.05) is 48.0 Å². The highest BCUT2D eigenvalue weighted by Crippen LogP contribution is 2.29. The minimum Gasteiger partial charge on any atom is -0.296 e. The minimum absolute atomic E-state index is 0.330. The van der Waals surface area contributed by atoms with E-state index in [-0.39, 0.29) is 11.2 Å². The summed E-state index contributed by atoms with van der Waals surface area (Å²) in [5.41, 5.74) is 3.06. The smallest absolute Gasteiger partial charge is 0.296 e. The molecular weight excluding hydrogens is 386 g/mol. The van der Waals surface area contributed by atoms with Crippen LogP contribution in [0.2, 0.25) is 5.02 Å². The van der Waals surface area contributed by atoms with Crippen molar-refractivity contribution in [1.29, 1.82) is 0 Å². The molecule has 0 saturated heterocycles. The Morgan fingerprint density at radius 2 is 1.55 bits per heavy atom. The molecule has 0 amide bonds. The number of aryl methyl sites for hydroxylation is 1. The maximum atomic E-state index is 13.0. The summed E-state index contributed by atoms with van der Waals surface area (Å²) in [5, 5.41) is 1.13. The van der Waals surface area contributed by atoms with E-state index < -0.39 is 0 Å². The number of rotatable bonds is 3. The summed E-state index contributed by atoms with van der Waals surface area (Å²) in [6.45, 7) is 0. The zero-order valence-corrected chi connectivity index (χ0v) is 16.7. The molecule has 29 heavy (non-hydrogen) atoms. The largest absolute Gasteiger partial charge is 0.330 e. The first-order chi connectivity index (χ1) is 14.0. The Labute approximate surface area is 172 Å². The van der Waals surface area contributed by atoms with Crippen molar-refractivity contribution in [3.05, 3.63) is 98.2 Å². The van der Waals surface area contributed by atoms with Crippen molar-refractivity contribution in [3.63, 3.8) is 0 Å². The molecule has 0 fully saturated rings. The second kappa shape index (κ2) is 7.53. The predicted octanol–water partition coefficient (Wildman–Crippen LogP) is 4.31. The van der Waals surface area contributed by atoms with Crippen LogP contribution in [-0.2, 0) is 14.1 Å². The lowest BCUT2D eigenvalue weighted by atomic mass is 9.96. The molecule has 1 aromatic heterocycles. The molecule has 144 valence electrons. The van der Waals surface area contributed by atoms with Gasteiger partial charge in [-0.05, 0) is 35.9 Å². The lowest BCUT2D eigenvalue weighted by Crippen LogP contribution is -2.37. The fraction of sp³-hybridized carbons (Fsp3) is 0.0870. The van der Waals surface area contributed by atoms with Crippen molar-refractivity contribution in [2.24, 2.45) is 19.1 Å². The standard InChI is InChI=1S/C23H18ClN3O2/c1-26-19-13-8-16(14-25-18-11-9-17(24)10-12-18)20(15-6-4-3-5-7-15)21(19)22(28)27(2)23(26)29/h3-14H,1-2H3. The Kier molecular flexibility index (Phi) is 4.91. The van der Waals surface area contributed by atoms with Gasteiger partial charge in [-0.25, -0.2) is 4.79 Å². The van der Waals surface area contributed by atoms with Crippen molar-refractivity contribution in [3.8, 4) is 11.1 Å². The Morgan fingerprint density at radius 1 is 0.862 bits per heavy atom. The second-order valence-electron chi connectivity index (χ2n) is 6.73. The van der Waals surface area contributed by atoms with E-state index in [1.54, 1.807) is 31.5 Å². The number of hydrogen-bond acceptors (Lipinski definition) is 3. The van der Waals surface area contributed by atoms with Gasteiger partial charge in [0.25, 0.3) is 5.56 Å². The summed E-state index contributed by atoms with van der Waals surface area (Å²) in [5.74, 6) is 0. The highest BCUT2D eigenvalue weighted by atomic mass is 35.5. The SMILES string of the molecule is Cn1c(=O)c2c(-c3ccccc3)c(C=Nc3ccc(Cl)cc3)ccc2n(C)c1=O. The maximum Gasteiger partial charge on any atom is 0.330 e. The Bertz CT molecular complexity index is 1350. The van der Waals surface area contributed by atoms with E-state index in [0.717, 1.165) is 26.9 Å². The van der Waals surface area contributed by atoms with Gasteiger partial charge in [0.05, 0.1) is 16.6 Å². The molecule has 0 spiro atoms. The maximum absolute atomic E-state index is 13.0. The molecule has 0 bridgehead atoms. The van der Waals surface area contributed by atoms with Gasteiger partial charge < -0.3 is 0 Å². The Morgan fingerprint density at radius 3 is 2.24 bits per heavy atom. The van der Waals surface area contributed by atoms with Crippen LogP contribution >= 0.6 is 11.6 Å². The van der Waals surface area contributed by atoms with Gasteiger partial charge >= 0.3 is 5.69 Å². The fourth-order valence-electron chi connectivity index (χ4n) is 3.38. The first kappa shape index (κ1) is 18.9. The van der Waals surface area contributed by atoms with Gasteiger partial charge in [0.1, 0.15) is 0 Å². The van der Waals surface area contributed by atoms with Crippen molar-refractivity contribution in [2.45, 2.75) is 0 Å². The van der Waals surface area contributed by atoms with E-state index in [2.05, 4.69) is 4.99 Å². The number of benzene rings is 3. The van der Waals surface area contributed by atoms with E-state index in [1.165, 1.54) is 11.6 Å². The second-order valence-corrected chi connectivity index (χ2v) is 7.17. The van der Waals surface area contributed by atoms with Crippen molar-refractivity contribution in [1.82, 2.24) is 9.13 Å². The number of halogens is 1. The van der Waals surface area contributed by atoms with Gasteiger partial charge in [0.2, 0.25) is 0 Å². The van der Waals surface area contributed by atoms with Gasteiger partial charge in [-0.3, -0.25) is 18.9 Å². The van der Waals surface area contributed by atoms with Crippen LogP contribution in [0.1, 0.15) is 5.56 Å².